The second-order valence-electron chi connectivity index (χ2n) is 7.18. The third kappa shape index (κ3) is 3.54. The van der Waals surface area contributed by atoms with E-state index in [4.69, 9.17) is 17.3 Å². The molecule has 4 aromatic carbocycles. The summed E-state index contributed by atoms with van der Waals surface area (Å²) in [5, 5.41) is 0.686. The van der Waals surface area contributed by atoms with Crippen molar-refractivity contribution in [3.05, 3.63) is 101 Å². The van der Waals surface area contributed by atoms with Gasteiger partial charge in [-0.05, 0) is 71.5 Å². The number of rotatable bonds is 3. The molecule has 0 spiro atoms. The number of halogens is 1. The van der Waals surface area contributed by atoms with Crippen LogP contribution in [0.15, 0.2) is 84.9 Å². The van der Waals surface area contributed by atoms with Crippen LogP contribution in [0.5, 0.6) is 0 Å². The molecule has 4 aromatic rings. The lowest BCUT2D eigenvalue weighted by Crippen LogP contribution is -1.96. The van der Waals surface area contributed by atoms with Gasteiger partial charge in [-0.3, -0.25) is 0 Å². The first-order valence-corrected chi connectivity index (χ1v) is 9.73. The number of nitrogens with two attached hydrogens (primary N) is 1. The molecule has 0 aliphatic heterocycles. The van der Waals surface area contributed by atoms with Crippen LogP contribution in [0.3, 0.4) is 0 Å². The number of benzene rings is 4. The van der Waals surface area contributed by atoms with Gasteiger partial charge >= 0.3 is 0 Å². The molecule has 0 fully saturated rings. The summed E-state index contributed by atoms with van der Waals surface area (Å²) < 4.78 is 0. The van der Waals surface area contributed by atoms with Crippen molar-refractivity contribution in [2.75, 3.05) is 5.73 Å². The highest BCUT2D eigenvalue weighted by molar-refractivity contribution is 6.31. The first kappa shape index (κ1) is 18.3. The van der Waals surface area contributed by atoms with Gasteiger partial charge in [0.15, 0.2) is 0 Å². The van der Waals surface area contributed by atoms with Crippen LogP contribution < -0.4 is 5.73 Å². The second kappa shape index (κ2) is 7.53. The van der Waals surface area contributed by atoms with Crippen LogP contribution in [0.2, 0.25) is 5.02 Å². The largest absolute Gasteiger partial charge is 0.398 e. The fraction of sp³-hybridized carbons (Fsp3) is 0.0769. The van der Waals surface area contributed by atoms with E-state index in [1.165, 1.54) is 27.8 Å². The van der Waals surface area contributed by atoms with Gasteiger partial charge in [0.1, 0.15) is 0 Å². The Labute approximate surface area is 171 Å². The molecule has 1 nitrogen and oxygen atoms in total. The van der Waals surface area contributed by atoms with Gasteiger partial charge in [-0.1, -0.05) is 77.8 Å². The van der Waals surface area contributed by atoms with E-state index in [2.05, 4.69) is 74.5 Å². The molecular weight excluding hydrogens is 362 g/mol. The predicted octanol–water partition coefficient (Wildman–Crippen LogP) is 7.54. The number of aryl methyl sites for hydroxylation is 2. The van der Waals surface area contributed by atoms with Gasteiger partial charge in [0.2, 0.25) is 0 Å². The van der Waals surface area contributed by atoms with Gasteiger partial charge in [-0.2, -0.15) is 0 Å². The third-order valence-corrected chi connectivity index (χ3v) is 5.32. The van der Waals surface area contributed by atoms with Crippen LogP contribution >= 0.6 is 11.6 Å². The Kier molecular flexibility index (Phi) is 4.93. The smallest absolute Gasteiger partial charge is 0.0413 e. The Morgan fingerprint density at radius 3 is 2.07 bits per heavy atom. The highest BCUT2D eigenvalue weighted by Gasteiger charge is 2.16. The first-order chi connectivity index (χ1) is 13.5. The number of anilines is 1. The molecule has 0 unspecified atom stereocenters. The van der Waals surface area contributed by atoms with Crippen LogP contribution in [0.25, 0.3) is 33.4 Å². The monoisotopic (exact) mass is 383 g/mol. The molecule has 0 saturated heterocycles. The number of hydrogen-bond donors (Lipinski definition) is 1. The van der Waals surface area contributed by atoms with E-state index in [0.717, 1.165) is 22.4 Å². The summed E-state index contributed by atoms with van der Waals surface area (Å²) in [7, 11) is 0. The van der Waals surface area contributed by atoms with Gasteiger partial charge < -0.3 is 5.73 Å². The Hall–Kier alpha value is -3.03. The molecular formula is C26H22ClN. The molecule has 0 aromatic heterocycles. The molecule has 2 heteroatoms. The van der Waals surface area contributed by atoms with E-state index >= 15 is 0 Å². The minimum absolute atomic E-state index is 0.686. The van der Waals surface area contributed by atoms with Crippen molar-refractivity contribution < 1.29 is 0 Å². The normalized spacial score (nSPS) is 10.8. The van der Waals surface area contributed by atoms with E-state index in [0.29, 0.717) is 5.02 Å². The van der Waals surface area contributed by atoms with E-state index in [1.54, 1.807) is 0 Å². The number of hydrogen-bond acceptors (Lipinski definition) is 1. The van der Waals surface area contributed by atoms with Crippen molar-refractivity contribution in [1.82, 2.24) is 0 Å². The molecule has 0 amide bonds. The standard InChI is InChI=1S/C26H22ClN/c1-17-8-10-20(11-9-17)23-15-21(19-6-4-3-5-7-19)14-18(2)26(23)24-16-22(27)12-13-25(24)28/h3-16H,28H2,1-2H3. The summed E-state index contributed by atoms with van der Waals surface area (Å²) >= 11 is 6.31. The molecule has 2 N–H and O–H groups in total. The second-order valence-corrected chi connectivity index (χ2v) is 7.62. The molecule has 0 bridgehead atoms. The van der Waals surface area contributed by atoms with Gasteiger partial charge in [-0.25, -0.2) is 0 Å². The summed E-state index contributed by atoms with van der Waals surface area (Å²) in [5.41, 5.74) is 16.3. The fourth-order valence-electron chi connectivity index (χ4n) is 3.65. The zero-order valence-electron chi connectivity index (χ0n) is 16.0. The molecule has 28 heavy (non-hydrogen) atoms. The van der Waals surface area contributed by atoms with E-state index in [-0.39, 0.29) is 0 Å². The molecule has 0 aliphatic carbocycles. The maximum Gasteiger partial charge on any atom is 0.0413 e. The summed E-state index contributed by atoms with van der Waals surface area (Å²) in [5.74, 6) is 0. The minimum atomic E-state index is 0.686. The summed E-state index contributed by atoms with van der Waals surface area (Å²) in [6, 6.07) is 29.2. The summed E-state index contributed by atoms with van der Waals surface area (Å²) in [6.45, 7) is 4.24. The Balaban J connectivity index is 2.02. The van der Waals surface area contributed by atoms with Gasteiger partial charge in [-0.15, -0.1) is 0 Å². The van der Waals surface area contributed by atoms with E-state index in [1.807, 2.05) is 24.3 Å². The summed E-state index contributed by atoms with van der Waals surface area (Å²) in [4.78, 5) is 0. The maximum atomic E-state index is 6.35. The lowest BCUT2D eigenvalue weighted by Gasteiger charge is -2.18. The van der Waals surface area contributed by atoms with Crippen LogP contribution in [-0.4, -0.2) is 0 Å². The van der Waals surface area contributed by atoms with Gasteiger partial charge in [0, 0.05) is 16.3 Å². The van der Waals surface area contributed by atoms with Gasteiger partial charge in [0.05, 0.1) is 0 Å². The fourth-order valence-corrected chi connectivity index (χ4v) is 3.82. The SMILES string of the molecule is Cc1ccc(-c2cc(-c3ccccc3)cc(C)c2-c2cc(Cl)ccc2N)cc1. The molecule has 0 radical (unpaired) electrons. The minimum Gasteiger partial charge on any atom is -0.398 e. The highest BCUT2D eigenvalue weighted by Crippen LogP contribution is 2.41. The first-order valence-electron chi connectivity index (χ1n) is 9.35. The van der Waals surface area contributed by atoms with Crippen LogP contribution in [0.1, 0.15) is 11.1 Å². The van der Waals surface area contributed by atoms with Crippen LogP contribution in [0, 0.1) is 13.8 Å². The molecule has 0 atom stereocenters. The Morgan fingerprint density at radius 1 is 0.643 bits per heavy atom. The van der Waals surface area contributed by atoms with Crippen LogP contribution in [0.4, 0.5) is 5.69 Å². The molecule has 0 aliphatic rings. The average Bonchev–Trinajstić information content (AvgIpc) is 2.71. The zero-order valence-corrected chi connectivity index (χ0v) is 16.8. The van der Waals surface area contributed by atoms with Crippen molar-refractivity contribution in [2.45, 2.75) is 13.8 Å². The van der Waals surface area contributed by atoms with Crippen molar-refractivity contribution in [1.29, 1.82) is 0 Å². The molecule has 0 saturated carbocycles. The zero-order chi connectivity index (χ0) is 19.7. The molecule has 4 rings (SSSR count). The lowest BCUT2D eigenvalue weighted by atomic mass is 9.87. The quantitative estimate of drug-likeness (QED) is 0.363. The van der Waals surface area contributed by atoms with Crippen LogP contribution in [-0.2, 0) is 0 Å². The topological polar surface area (TPSA) is 26.0 Å². The van der Waals surface area contributed by atoms with E-state index in [9.17, 15) is 0 Å². The Bertz CT molecular complexity index is 1130. The maximum absolute atomic E-state index is 6.35. The molecule has 138 valence electrons. The summed E-state index contributed by atoms with van der Waals surface area (Å²) in [6.07, 6.45) is 0. The highest BCUT2D eigenvalue weighted by atomic mass is 35.5. The average molecular weight is 384 g/mol. The molecule has 0 heterocycles. The third-order valence-electron chi connectivity index (χ3n) is 5.09. The predicted molar refractivity (Wildman–Crippen MR) is 122 cm³/mol. The lowest BCUT2D eigenvalue weighted by molar-refractivity contribution is 1.43. The van der Waals surface area contributed by atoms with E-state index < -0.39 is 0 Å². The van der Waals surface area contributed by atoms with Gasteiger partial charge in [0.25, 0.3) is 0 Å². The van der Waals surface area contributed by atoms with Crippen molar-refractivity contribution in [3.63, 3.8) is 0 Å². The van der Waals surface area contributed by atoms with Crippen molar-refractivity contribution in [3.8, 4) is 33.4 Å². The number of nitrogen functional groups attached to an aromatic ring is 1. The van der Waals surface area contributed by atoms with Crippen molar-refractivity contribution >= 4 is 17.3 Å². The van der Waals surface area contributed by atoms with Crippen molar-refractivity contribution in [2.24, 2.45) is 0 Å². The Morgan fingerprint density at radius 2 is 1.36 bits per heavy atom.